The lowest BCUT2D eigenvalue weighted by Crippen LogP contribution is -2.28. The van der Waals surface area contributed by atoms with Gasteiger partial charge in [0.25, 0.3) is 5.56 Å². The Morgan fingerprint density at radius 1 is 1.15 bits per heavy atom. The summed E-state index contributed by atoms with van der Waals surface area (Å²) in [6.45, 7) is 3.33. The maximum absolute atomic E-state index is 13.2. The van der Waals surface area contributed by atoms with Crippen LogP contribution in [0, 0.1) is 13.8 Å². The maximum Gasteiger partial charge on any atom is 0.263 e. The first-order valence-electron chi connectivity index (χ1n) is 10.4. The number of carbonyl (C=O) groups is 1. The number of aromatic nitrogens is 2. The molecule has 2 aromatic heterocycles. The first kappa shape index (κ1) is 23.8. The number of carbonyl (C=O) groups excluding carboxylic acids is 1. The topological polar surface area (TPSA) is 101 Å². The maximum atomic E-state index is 13.2. The highest BCUT2D eigenvalue weighted by atomic mass is 32.2. The Morgan fingerprint density at radius 3 is 2.53 bits per heavy atom. The van der Waals surface area contributed by atoms with Crippen molar-refractivity contribution in [1.29, 1.82) is 0 Å². The minimum Gasteiger partial charge on any atom is -0.324 e. The molecule has 2 aromatic carbocycles. The highest BCUT2D eigenvalue weighted by molar-refractivity contribution is 7.89. The van der Waals surface area contributed by atoms with E-state index in [0.717, 1.165) is 26.6 Å². The molecule has 0 aliphatic rings. The number of hydrogen-bond donors (Lipinski definition) is 1. The van der Waals surface area contributed by atoms with E-state index in [4.69, 9.17) is 0 Å². The number of nitrogens with zero attached hydrogens (tertiary/aromatic N) is 3. The lowest BCUT2D eigenvalue weighted by Gasteiger charge is -2.16. The molecule has 4 rings (SSSR count). The normalized spacial score (nSPS) is 11.8. The lowest BCUT2D eigenvalue weighted by atomic mass is 10.1. The van der Waals surface area contributed by atoms with Crippen molar-refractivity contribution >= 4 is 43.2 Å². The van der Waals surface area contributed by atoms with E-state index in [-0.39, 0.29) is 17.0 Å². The zero-order valence-electron chi connectivity index (χ0n) is 19.2. The first-order chi connectivity index (χ1) is 16.1. The van der Waals surface area contributed by atoms with Gasteiger partial charge in [0.05, 0.1) is 16.6 Å². The third kappa shape index (κ3) is 4.39. The van der Waals surface area contributed by atoms with Gasteiger partial charge in [0, 0.05) is 30.7 Å². The molecule has 8 nitrogen and oxygen atoms in total. The first-order valence-corrected chi connectivity index (χ1v) is 12.8. The molecule has 0 aliphatic heterocycles. The smallest absolute Gasteiger partial charge is 0.263 e. The summed E-state index contributed by atoms with van der Waals surface area (Å²) in [5.41, 5.74) is 3.23. The SMILES string of the molecule is Cc1cc(S(=O)(=O)N(C)C)cc(NC(=O)Cn2cnc3scc(-c4ccccc4)c3c2=O)c1C. The summed E-state index contributed by atoms with van der Waals surface area (Å²) in [5, 5.41) is 5.12. The number of thiophene rings is 1. The van der Waals surface area contributed by atoms with Crippen molar-refractivity contribution in [3.63, 3.8) is 0 Å². The fourth-order valence-electron chi connectivity index (χ4n) is 3.57. The molecular weight excluding hydrogens is 472 g/mol. The molecule has 34 heavy (non-hydrogen) atoms. The van der Waals surface area contributed by atoms with E-state index in [1.54, 1.807) is 19.9 Å². The van der Waals surface area contributed by atoms with Gasteiger partial charge in [-0.25, -0.2) is 17.7 Å². The highest BCUT2D eigenvalue weighted by Crippen LogP contribution is 2.30. The number of amides is 1. The van der Waals surface area contributed by atoms with Crippen molar-refractivity contribution in [2.45, 2.75) is 25.3 Å². The summed E-state index contributed by atoms with van der Waals surface area (Å²) in [4.78, 5) is 31.1. The quantitative estimate of drug-likeness (QED) is 0.439. The molecule has 10 heteroatoms. The Labute approximate surface area is 201 Å². The zero-order valence-corrected chi connectivity index (χ0v) is 20.8. The Morgan fingerprint density at radius 2 is 1.85 bits per heavy atom. The summed E-state index contributed by atoms with van der Waals surface area (Å²) < 4.78 is 27.5. The summed E-state index contributed by atoms with van der Waals surface area (Å²) in [6.07, 6.45) is 1.36. The Hall–Kier alpha value is -3.34. The molecule has 176 valence electrons. The third-order valence-corrected chi connectivity index (χ3v) is 8.33. The molecule has 0 saturated carbocycles. The minimum atomic E-state index is -3.67. The molecule has 0 saturated heterocycles. The molecule has 0 spiro atoms. The van der Waals surface area contributed by atoms with Crippen molar-refractivity contribution in [2.75, 3.05) is 19.4 Å². The van der Waals surface area contributed by atoms with Crippen LogP contribution in [0.25, 0.3) is 21.3 Å². The van der Waals surface area contributed by atoms with Crippen LogP contribution >= 0.6 is 11.3 Å². The summed E-state index contributed by atoms with van der Waals surface area (Å²) in [5.74, 6) is -0.457. The van der Waals surface area contributed by atoms with Gasteiger partial charge >= 0.3 is 0 Å². The molecule has 0 aliphatic carbocycles. The lowest BCUT2D eigenvalue weighted by molar-refractivity contribution is -0.116. The Kier molecular flexibility index (Phi) is 6.39. The van der Waals surface area contributed by atoms with E-state index in [1.807, 2.05) is 35.7 Å². The van der Waals surface area contributed by atoms with Crippen LogP contribution in [0.2, 0.25) is 0 Å². The second-order valence-corrected chi connectivity index (χ2v) is 11.1. The van der Waals surface area contributed by atoms with Gasteiger partial charge in [0.2, 0.25) is 15.9 Å². The molecule has 1 amide bonds. The van der Waals surface area contributed by atoms with E-state index in [9.17, 15) is 18.0 Å². The number of hydrogen-bond acceptors (Lipinski definition) is 6. The van der Waals surface area contributed by atoms with Gasteiger partial charge in [0.1, 0.15) is 11.4 Å². The van der Waals surface area contributed by atoms with Crippen molar-refractivity contribution in [3.8, 4) is 11.1 Å². The third-order valence-electron chi connectivity index (χ3n) is 5.65. The Balaban J connectivity index is 1.66. The second kappa shape index (κ2) is 9.13. The fourth-order valence-corrected chi connectivity index (χ4v) is 5.49. The van der Waals surface area contributed by atoms with Crippen LogP contribution in [-0.2, 0) is 21.4 Å². The van der Waals surface area contributed by atoms with Gasteiger partial charge in [-0.3, -0.25) is 14.2 Å². The number of benzene rings is 2. The standard InChI is InChI=1S/C24H24N4O4S2/c1-15-10-18(34(31,32)27(3)4)11-20(16(15)2)26-21(29)12-28-14-25-23-22(24(28)30)19(13-33-23)17-8-6-5-7-9-17/h5-11,13-14H,12H2,1-4H3,(H,26,29). The predicted octanol–water partition coefficient (Wildman–Crippen LogP) is 3.63. The van der Waals surface area contributed by atoms with Crippen molar-refractivity contribution in [3.05, 3.63) is 75.7 Å². The molecule has 0 unspecified atom stereocenters. The number of rotatable bonds is 6. The van der Waals surface area contributed by atoms with Crippen LogP contribution < -0.4 is 10.9 Å². The zero-order chi connectivity index (χ0) is 24.6. The summed E-state index contributed by atoms with van der Waals surface area (Å²) in [6, 6.07) is 12.6. The predicted molar refractivity (Wildman–Crippen MR) is 135 cm³/mol. The average Bonchev–Trinajstić information content (AvgIpc) is 3.24. The van der Waals surface area contributed by atoms with Gasteiger partial charge in [-0.1, -0.05) is 30.3 Å². The number of anilines is 1. The van der Waals surface area contributed by atoms with Crippen LogP contribution in [0.3, 0.4) is 0 Å². The number of aryl methyl sites for hydroxylation is 1. The number of fused-ring (bicyclic) bond motifs is 1. The average molecular weight is 497 g/mol. The van der Waals surface area contributed by atoms with Crippen molar-refractivity contribution in [1.82, 2.24) is 13.9 Å². The molecule has 0 radical (unpaired) electrons. The van der Waals surface area contributed by atoms with Crippen LogP contribution in [0.5, 0.6) is 0 Å². The van der Waals surface area contributed by atoms with Gasteiger partial charge in [-0.05, 0) is 42.7 Å². The van der Waals surface area contributed by atoms with E-state index >= 15 is 0 Å². The Bertz CT molecular complexity index is 1560. The minimum absolute atomic E-state index is 0.0851. The molecule has 1 N–H and O–H groups in total. The molecular formula is C24H24N4O4S2. The molecule has 0 bridgehead atoms. The van der Waals surface area contributed by atoms with E-state index in [1.165, 1.54) is 42.4 Å². The monoisotopic (exact) mass is 496 g/mol. The number of nitrogens with one attached hydrogen (secondary N) is 1. The van der Waals surface area contributed by atoms with Gasteiger partial charge in [0.15, 0.2) is 0 Å². The largest absolute Gasteiger partial charge is 0.324 e. The van der Waals surface area contributed by atoms with Crippen LogP contribution in [0.15, 0.2) is 63.9 Å². The second-order valence-electron chi connectivity index (χ2n) is 8.12. The fraction of sp³-hybridized carbons (Fsp3) is 0.208. The van der Waals surface area contributed by atoms with E-state index < -0.39 is 15.9 Å². The van der Waals surface area contributed by atoms with E-state index in [2.05, 4.69) is 10.3 Å². The van der Waals surface area contributed by atoms with Crippen molar-refractivity contribution in [2.24, 2.45) is 0 Å². The van der Waals surface area contributed by atoms with Crippen molar-refractivity contribution < 1.29 is 13.2 Å². The van der Waals surface area contributed by atoms with Crippen LogP contribution in [0.1, 0.15) is 11.1 Å². The number of sulfonamides is 1. The van der Waals surface area contributed by atoms with Crippen LogP contribution in [0.4, 0.5) is 5.69 Å². The molecule has 2 heterocycles. The summed E-state index contributed by atoms with van der Waals surface area (Å²) >= 11 is 1.38. The van der Waals surface area contributed by atoms with Gasteiger partial charge in [-0.15, -0.1) is 11.3 Å². The molecule has 0 fully saturated rings. The highest BCUT2D eigenvalue weighted by Gasteiger charge is 2.21. The van der Waals surface area contributed by atoms with Crippen LogP contribution in [-0.4, -0.2) is 42.3 Å². The van der Waals surface area contributed by atoms with Gasteiger partial charge < -0.3 is 5.32 Å². The van der Waals surface area contributed by atoms with Gasteiger partial charge in [-0.2, -0.15) is 0 Å². The summed E-state index contributed by atoms with van der Waals surface area (Å²) in [7, 11) is -0.769. The van der Waals surface area contributed by atoms with E-state index in [0.29, 0.717) is 15.9 Å². The molecule has 0 atom stereocenters. The molecule has 4 aromatic rings.